The fraction of sp³-hybridized carbons (Fsp3) is 0. The lowest BCUT2D eigenvalue weighted by Crippen LogP contribution is -2.11. The maximum atomic E-state index is 11.4. The Kier molecular flexibility index (Phi) is 2.85. The van der Waals surface area contributed by atoms with Crippen LogP contribution in [-0.4, -0.2) is 20.5 Å². The molecule has 0 spiro atoms. The number of nitrogens with zero attached hydrogens (tertiary/aromatic N) is 3. The van der Waals surface area contributed by atoms with Crippen molar-refractivity contribution < 1.29 is 4.79 Å². The summed E-state index contributed by atoms with van der Waals surface area (Å²) in [6.07, 6.45) is 1.62. The summed E-state index contributed by atoms with van der Waals surface area (Å²) in [5, 5.41) is 8.37. The lowest BCUT2D eigenvalue weighted by molar-refractivity contribution is 0.102. The molecule has 0 saturated heterocycles. The van der Waals surface area contributed by atoms with E-state index >= 15 is 0 Å². The van der Waals surface area contributed by atoms with E-state index in [0.717, 1.165) is 15.3 Å². The van der Waals surface area contributed by atoms with Crippen LogP contribution in [0.3, 0.4) is 0 Å². The van der Waals surface area contributed by atoms with Crippen LogP contribution in [0.2, 0.25) is 0 Å². The normalized spacial score (nSPS) is 10.1. The van der Waals surface area contributed by atoms with Crippen LogP contribution in [0.1, 0.15) is 10.5 Å². The molecule has 0 saturated carbocycles. The molecule has 0 aliphatic rings. The van der Waals surface area contributed by atoms with E-state index in [4.69, 9.17) is 0 Å². The molecule has 2 aromatic rings. The van der Waals surface area contributed by atoms with E-state index in [1.54, 1.807) is 11.6 Å². The van der Waals surface area contributed by atoms with Gasteiger partial charge in [0.2, 0.25) is 0 Å². The Morgan fingerprint density at radius 2 is 2.43 bits per heavy atom. The number of hydrogen-bond acceptors (Lipinski definition) is 6. The molecule has 8 heteroatoms. The molecule has 72 valence electrons. The van der Waals surface area contributed by atoms with Crippen LogP contribution in [-0.2, 0) is 0 Å². The molecule has 1 amide bonds. The van der Waals surface area contributed by atoms with Gasteiger partial charge in [-0.1, -0.05) is 15.8 Å². The maximum Gasteiger partial charge on any atom is 0.278 e. The number of carbonyl (C=O) groups is 1. The molecule has 14 heavy (non-hydrogen) atoms. The van der Waals surface area contributed by atoms with Crippen molar-refractivity contribution in [2.75, 3.05) is 5.32 Å². The van der Waals surface area contributed by atoms with E-state index < -0.39 is 0 Å². The minimum Gasteiger partial charge on any atom is -0.296 e. The SMILES string of the molecule is O=C(Nc1ncc(Br)s1)c1csnn1. The summed E-state index contributed by atoms with van der Waals surface area (Å²) in [6.45, 7) is 0. The standard InChI is InChI=1S/C6H3BrN4OS2/c7-4-1-8-6(14-4)9-5(12)3-2-13-11-10-3/h1-2H,(H,8,9,12). The highest BCUT2D eigenvalue weighted by molar-refractivity contribution is 9.11. The monoisotopic (exact) mass is 290 g/mol. The van der Waals surface area contributed by atoms with Crippen molar-refractivity contribution in [3.8, 4) is 0 Å². The molecule has 0 bridgehead atoms. The number of anilines is 1. The van der Waals surface area contributed by atoms with Crippen molar-refractivity contribution in [2.45, 2.75) is 0 Å². The first kappa shape index (κ1) is 9.69. The molecule has 1 N–H and O–H groups in total. The summed E-state index contributed by atoms with van der Waals surface area (Å²) in [5.41, 5.74) is 0.307. The zero-order valence-electron chi connectivity index (χ0n) is 6.60. The van der Waals surface area contributed by atoms with Crippen LogP contribution < -0.4 is 5.32 Å². The van der Waals surface area contributed by atoms with Crippen LogP contribution in [0.5, 0.6) is 0 Å². The minimum atomic E-state index is -0.291. The molecular weight excluding hydrogens is 288 g/mol. The van der Waals surface area contributed by atoms with Crippen molar-refractivity contribution in [3.05, 3.63) is 21.1 Å². The van der Waals surface area contributed by atoms with Gasteiger partial charge >= 0.3 is 0 Å². The Balaban J connectivity index is 2.09. The van der Waals surface area contributed by atoms with Gasteiger partial charge in [-0.2, -0.15) is 0 Å². The zero-order chi connectivity index (χ0) is 9.97. The molecular formula is C6H3BrN4OS2. The predicted molar refractivity (Wildman–Crippen MR) is 57.7 cm³/mol. The fourth-order valence-electron chi connectivity index (χ4n) is 0.737. The average Bonchev–Trinajstić information content (AvgIpc) is 2.75. The smallest absolute Gasteiger partial charge is 0.278 e. The van der Waals surface area contributed by atoms with E-state index in [-0.39, 0.29) is 5.91 Å². The van der Waals surface area contributed by atoms with Gasteiger partial charge in [-0.05, 0) is 27.5 Å². The van der Waals surface area contributed by atoms with Crippen LogP contribution >= 0.6 is 38.8 Å². The van der Waals surface area contributed by atoms with Crippen molar-refractivity contribution >= 4 is 49.8 Å². The summed E-state index contributed by atoms with van der Waals surface area (Å²) >= 11 is 5.73. The molecule has 0 aliphatic carbocycles. The van der Waals surface area contributed by atoms with E-state index in [0.29, 0.717) is 10.8 Å². The van der Waals surface area contributed by atoms with Crippen LogP contribution in [0.25, 0.3) is 0 Å². The Labute approximate surface area is 95.5 Å². The van der Waals surface area contributed by atoms with Crippen LogP contribution in [0.4, 0.5) is 5.13 Å². The van der Waals surface area contributed by atoms with E-state index in [1.807, 2.05) is 0 Å². The van der Waals surface area contributed by atoms with Crippen molar-refractivity contribution in [1.82, 2.24) is 14.6 Å². The van der Waals surface area contributed by atoms with Gasteiger partial charge in [0, 0.05) is 5.38 Å². The summed E-state index contributed by atoms with van der Waals surface area (Å²) in [7, 11) is 0. The lowest BCUT2D eigenvalue weighted by atomic mass is 10.5. The van der Waals surface area contributed by atoms with Gasteiger partial charge in [0.05, 0.1) is 9.98 Å². The number of aromatic nitrogens is 3. The van der Waals surface area contributed by atoms with Gasteiger partial charge in [-0.15, -0.1) is 5.10 Å². The first-order chi connectivity index (χ1) is 6.75. The number of rotatable bonds is 2. The predicted octanol–water partition coefficient (Wildman–Crippen LogP) is 2.01. The average molecular weight is 291 g/mol. The van der Waals surface area contributed by atoms with Gasteiger partial charge in [-0.25, -0.2) is 4.98 Å². The Bertz CT molecular complexity index is 440. The molecule has 0 fully saturated rings. The van der Waals surface area contributed by atoms with Crippen molar-refractivity contribution in [3.63, 3.8) is 0 Å². The molecule has 0 radical (unpaired) electrons. The number of thiazole rings is 1. The summed E-state index contributed by atoms with van der Waals surface area (Å²) < 4.78 is 4.46. The van der Waals surface area contributed by atoms with Crippen LogP contribution in [0.15, 0.2) is 15.4 Å². The Morgan fingerprint density at radius 3 is 3.00 bits per heavy atom. The molecule has 2 heterocycles. The number of hydrogen-bond donors (Lipinski definition) is 1. The molecule has 0 aromatic carbocycles. The van der Waals surface area contributed by atoms with Crippen LogP contribution in [0, 0.1) is 0 Å². The zero-order valence-corrected chi connectivity index (χ0v) is 9.82. The Hall–Kier alpha value is -0.860. The van der Waals surface area contributed by atoms with Gasteiger partial charge in [-0.3, -0.25) is 10.1 Å². The first-order valence-electron chi connectivity index (χ1n) is 3.45. The second-order valence-electron chi connectivity index (χ2n) is 2.21. The molecule has 5 nitrogen and oxygen atoms in total. The van der Waals surface area contributed by atoms with Gasteiger partial charge < -0.3 is 0 Å². The number of amides is 1. The van der Waals surface area contributed by atoms with E-state index in [9.17, 15) is 4.79 Å². The quantitative estimate of drug-likeness (QED) is 0.919. The van der Waals surface area contributed by atoms with Gasteiger partial charge in [0.15, 0.2) is 10.8 Å². The van der Waals surface area contributed by atoms with E-state index in [2.05, 4.69) is 35.8 Å². The lowest BCUT2D eigenvalue weighted by Gasteiger charge is -1.95. The largest absolute Gasteiger partial charge is 0.296 e. The van der Waals surface area contributed by atoms with E-state index in [1.165, 1.54) is 11.3 Å². The first-order valence-corrected chi connectivity index (χ1v) is 5.90. The molecule has 2 rings (SSSR count). The highest BCUT2D eigenvalue weighted by Crippen LogP contribution is 2.23. The highest BCUT2D eigenvalue weighted by atomic mass is 79.9. The minimum absolute atomic E-state index is 0.291. The van der Waals surface area contributed by atoms with Gasteiger partial charge in [0.25, 0.3) is 5.91 Å². The fourth-order valence-corrected chi connectivity index (χ4v) is 2.27. The summed E-state index contributed by atoms with van der Waals surface area (Å²) in [5.74, 6) is -0.291. The number of carbonyl (C=O) groups excluding carboxylic acids is 1. The maximum absolute atomic E-state index is 11.4. The topological polar surface area (TPSA) is 67.8 Å². The number of halogens is 1. The van der Waals surface area contributed by atoms with Gasteiger partial charge in [0.1, 0.15) is 0 Å². The Morgan fingerprint density at radius 1 is 1.57 bits per heavy atom. The second-order valence-corrected chi connectivity index (χ2v) is 5.23. The third-order valence-electron chi connectivity index (χ3n) is 1.29. The van der Waals surface area contributed by atoms with Crippen molar-refractivity contribution in [2.24, 2.45) is 0 Å². The molecule has 0 atom stereocenters. The molecule has 0 unspecified atom stereocenters. The number of nitrogens with one attached hydrogen (secondary N) is 1. The van der Waals surface area contributed by atoms with Crippen molar-refractivity contribution in [1.29, 1.82) is 0 Å². The third kappa shape index (κ3) is 2.14. The second kappa shape index (κ2) is 4.11. The third-order valence-corrected chi connectivity index (χ3v) is 3.19. The summed E-state index contributed by atoms with van der Waals surface area (Å²) in [6, 6.07) is 0. The molecule has 0 aliphatic heterocycles. The highest BCUT2D eigenvalue weighted by Gasteiger charge is 2.10. The molecule has 2 aromatic heterocycles. The summed E-state index contributed by atoms with van der Waals surface area (Å²) in [4.78, 5) is 15.4.